The van der Waals surface area contributed by atoms with Gasteiger partial charge in [-0.1, -0.05) is 0 Å². The molecule has 0 spiro atoms. The smallest absolute Gasteiger partial charge is 0.377 e. The van der Waals surface area contributed by atoms with E-state index < -0.39 is 12.6 Å². The second-order valence-corrected chi connectivity index (χ2v) is 5.06. The van der Waals surface area contributed by atoms with Gasteiger partial charge in [0.05, 0.1) is 19.1 Å². The lowest BCUT2D eigenvalue weighted by molar-refractivity contribution is -0.129. The van der Waals surface area contributed by atoms with Gasteiger partial charge >= 0.3 is 6.18 Å². The van der Waals surface area contributed by atoms with E-state index in [0.29, 0.717) is 18.9 Å². The Balaban J connectivity index is 2.05. The molecule has 0 aliphatic carbocycles. The van der Waals surface area contributed by atoms with Crippen LogP contribution >= 0.6 is 11.8 Å². The molecular formula is C11H15F3OS. The molecule has 2 atom stereocenters. The average molecular weight is 252 g/mol. The fourth-order valence-electron chi connectivity index (χ4n) is 1.61. The summed E-state index contributed by atoms with van der Waals surface area (Å²) in [5.74, 6) is 3.77. The van der Waals surface area contributed by atoms with Gasteiger partial charge in [-0.05, 0) is 18.1 Å². The maximum absolute atomic E-state index is 11.9. The summed E-state index contributed by atoms with van der Waals surface area (Å²) in [6.45, 7) is 0.630. The number of alkyl halides is 3. The molecule has 5 heteroatoms. The highest BCUT2D eigenvalue weighted by Gasteiger charge is 2.28. The molecule has 0 N–H and O–H groups in total. The van der Waals surface area contributed by atoms with Gasteiger partial charge in [0, 0.05) is 12.2 Å². The molecule has 16 heavy (non-hydrogen) atoms. The Morgan fingerprint density at radius 3 is 2.81 bits per heavy atom. The van der Waals surface area contributed by atoms with Crippen molar-refractivity contribution in [2.45, 2.75) is 31.5 Å². The van der Waals surface area contributed by atoms with Crippen molar-refractivity contribution in [3.05, 3.63) is 0 Å². The number of hydrogen-bond acceptors (Lipinski definition) is 2. The lowest BCUT2D eigenvalue weighted by atomic mass is 10.1. The van der Waals surface area contributed by atoms with Crippen molar-refractivity contribution < 1.29 is 17.9 Å². The van der Waals surface area contributed by atoms with Crippen LogP contribution in [0.3, 0.4) is 0 Å². The van der Waals surface area contributed by atoms with Gasteiger partial charge in [-0.25, -0.2) is 0 Å². The Labute approximate surface area is 98.1 Å². The van der Waals surface area contributed by atoms with E-state index >= 15 is 0 Å². The van der Waals surface area contributed by atoms with Gasteiger partial charge in [-0.2, -0.15) is 24.9 Å². The standard InChI is InChI=1S/C11H15F3OS/c1-2-3-10-6-9(7-15-10)8-16-5-4-11(12,13)14/h1,9-10H,3-8H2. The second-order valence-electron chi connectivity index (χ2n) is 3.91. The number of thioether (sulfide) groups is 1. The largest absolute Gasteiger partial charge is 0.389 e. The number of halogens is 3. The van der Waals surface area contributed by atoms with E-state index in [1.807, 2.05) is 0 Å². The Morgan fingerprint density at radius 1 is 1.44 bits per heavy atom. The van der Waals surface area contributed by atoms with Crippen LogP contribution in [-0.4, -0.2) is 30.4 Å². The molecular weight excluding hydrogens is 237 g/mol. The van der Waals surface area contributed by atoms with E-state index in [2.05, 4.69) is 5.92 Å². The molecule has 0 aromatic rings. The van der Waals surface area contributed by atoms with E-state index in [0.717, 1.165) is 12.2 Å². The van der Waals surface area contributed by atoms with Gasteiger partial charge < -0.3 is 4.74 Å². The SMILES string of the molecule is C#CCC1CC(CSCCC(F)(F)F)CO1. The van der Waals surface area contributed by atoms with Gasteiger partial charge in [0.25, 0.3) is 0 Å². The molecule has 2 unspecified atom stereocenters. The highest BCUT2D eigenvalue weighted by Crippen LogP contribution is 2.27. The minimum atomic E-state index is -4.04. The van der Waals surface area contributed by atoms with Crippen LogP contribution in [0.5, 0.6) is 0 Å². The molecule has 1 heterocycles. The van der Waals surface area contributed by atoms with Gasteiger partial charge in [-0.15, -0.1) is 12.3 Å². The van der Waals surface area contributed by atoms with Crippen molar-refractivity contribution >= 4 is 11.8 Å². The summed E-state index contributed by atoms with van der Waals surface area (Å²) in [5, 5.41) is 0. The molecule has 1 aliphatic rings. The monoisotopic (exact) mass is 252 g/mol. The molecule has 0 aromatic heterocycles. The molecule has 1 fully saturated rings. The van der Waals surface area contributed by atoms with Crippen molar-refractivity contribution in [3.63, 3.8) is 0 Å². The van der Waals surface area contributed by atoms with E-state index in [4.69, 9.17) is 11.2 Å². The van der Waals surface area contributed by atoms with E-state index in [-0.39, 0.29) is 11.9 Å². The zero-order valence-electron chi connectivity index (χ0n) is 8.93. The first-order valence-electron chi connectivity index (χ1n) is 5.21. The van der Waals surface area contributed by atoms with Crippen LogP contribution in [0.2, 0.25) is 0 Å². The molecule has 1 rings (SSSR count). The maximum atomic E-state index is 11.9. The first-order valence-corrected chi connectivity index (χ1v) is 6.36. The number of rotatable bonds is 5. The summed E-state index contributed by atoms with van der Waals surface area (Å²) in [6, 6.07) is 0. The molecule has 0 bridgehead atoms. The van der Waals surface area contributed by atoms with E-state index in [1.54, 1.807) is 0 Å². The van der Waals surface area contributed by atoms with Crippen LogP contribution in [0.15, 0.2) is 0 Å². The topological polar surface area (TPSA) is 9.23 Å². The van der Waals surface area contributed by atoms with Crippen molar-refractivity contribution in [1.29, 1.82) is 0 Å². The van der Waals surface area contributed by atoms with Gasteiger partial charge in [0.1, 0.15) is 0 Å². The highest BCUT2D eigenvalue weighted by atomic mass is 32.2. The summed E-state index contributed by atoms with van der Waals surface area (Å²) < 4.78 is 41.0. The Kier molecular flexibility index (Phi) is 5.50. The quantitative estimate of drug-likeness (QED) is 0.549. The third-order valence-electron chi connectivity index (χ3n) is 2.39. The minimum absolute atomic E-state index is 0.109. The second kappa shape index (κ2) is 6.41. The highest BCUT2D eigenvalue weighted by molar-refractivity contribution is 7.99. The Morgan fingerprint density at radius 2 is 2.19 bits per heavy atom. The predicted molar refractivity (Wildman–Crippen MR) is 59.3 cm³/mol. The van der Waals surface area contributed by atoms with Gasteiger partial charge in [0.2, 0.25) is 0 Å². The summed E-state index contributed by atoms with van der Waals surface area (Å²) in [4.78, 5) is 0. The average Bonchev–Trinajstić information content (AvgIpc) is 2.60. The molecule has 1 aliphatic heterocycles. The summed E-state index contributed by atoms with van der Waals surface area (Å²) in [7, 11) is 0. The van der Waals surface area contributed by atoms with E-state index in [9.17, 15) is 13.2 Å². The number of ether oxygens (including phenoxy) is 1. The molecule has 0 saturated carbocycles. The summed E-state index contributed by atoms with van der Waals surface area (Å²) in [6.07, 6.45) is 2.01. The van der Waals surface area contributed by atoms with Crippen LogP contribution in [0.4, 0.5) is 13.2 Å². The Hall–Kier alpha value is -0.340. The lowest BCUT2D eigenvalue weighted by Gasteiger charge is -2.08. The lowest BCUT2D eigenvalue weighted by Crippen LogP contribution is -2.10. The molecule has 0 aromatic carbocycles. The van der Waals surface area contributed by atoms with Gasteiger partial charge in [0.15, 0.2) is 0 Å². The summed E-state index contributed by atoms with van der Waals surface area (Å²) >= 11 is 1.35. The molecule has 0 amide bonds. The van der Waals surface area contributed by atoms with Crippen molar-refractivity contribution in [3.8, 4) is 12.3 Å². The number of hydrogen-bond donors (Lipinski definition) is 0. The normalized spacial score (nSPS) is 25.6. The minimum Gasteiger partial charge on any atom is -0.377 e. The first-order chi connectivity index (χ1) is 7.51. The molecule has 1 nitrogen and oxygen atoms in total. The van der Waals surface area contributed by atoms with Crippen LogP contribution in [0, 0.1) is 18.3 Å². The van der Waals surface area contributed by atoms with Crippen LogP contribution in [-0.2, 0) is 4.74 Å². The maximum Gasteiger partial charge on any atom is 0.389 e. The zero-order valence-corrected chi connectivity index (χ0v) is 9.74. The fraction of sp³-hybridized carbons (Fsp3) is 0.818. The molecule has 0 radical (unpaired) electrons. The third-order valence-corrected chi connectivity index (χ3v) is 3.59. The fourth-order valence-corrected chi connectivity index (χ4v) is 2.72. The zero-order chi connectivity index (χ0) is 12.0. The van der Waals surface area contributed by atoms with Crippen molar-refractivity contribution in [2.24, 2.45) is 5.92 Å². The van der Waals surface area contributed by atoms with Crippen molar-refractivity contribution in [2.75, 3.05) is 18.1 Å². The predicted octanol–water partition coefficient (Wildman–Crippen LogP) is 3.10. The van der Waals surface area contributed by atoms with Crippen molar-refractivity contribution in [1.82, 2.24) is 0 Å². The van der Waals surface area contributed by atoms with Crippen LogP contribution in [0.1, 0.15) is 19.3 Å². The summed E-state index contributed by atoms with van der Waals surface area (Å²) in [5.41, 5.74) is 0. The molecule has 1 saturated heterocycles. The number of terminal acetylenes is 1. The Bertz CT molecular complexity index is 247. The van der Waals surface area contributed by atoms with Crippen LogP contribution < -0.4 is 0 Å². The molecule has 92 valence electrons. The van der Waals surface area contributed by atoms with E-state index in [1.165, 1.54) is 11.8 Å². The third kappa shape index (κ3) is 5.66. The van der Waals surface area contributed by atoms with Crippen LogP contribution in [0.25, 0.3) is 0 Å². The van der Waals surface area contributed by atoms with Gasteiger partial charge in [-0.3, -0.25) is 0 Å². The first kappa shape index (κ1) is 13.7.